The van der Waals surface area contributed by atoms with Crippen LogP contribution in [0.3, 0.4) is 0 Å². The van der Waals surface area contributed by atoms with Crippen LogP contribution in [0, 0.1) is 0 Å². The average molecular weight is 450 g/mol. The molecule has 1 aliphatic rings. The molecule has 0 amide bonds. The summed E-state index contributed by atoms with van der Waals surface area (Å²) in [5.41, 5.74) is 3.12. The fraction of sp³-hybridized carbons (Fsp3) is 0.350. The van der Waals surface area contributed by atoms with Crippen LogP contribution in [-0.2, 0) is 16.4 Å². The Labute approximate surface area is 179 Å². The summed E-state index contributed by atoms with van der Waals surface area (Å²) >= 11 is 3.27. The van der Waals surface area contributed by atoms with Crippen molar-refractivity contribution >= 4 is 37.8 Å². The molecule has 1 aliphatic heterocycles. The van der Waals surface area contributed by atoms with Crippen LogP contribution in [0.1, 0.15) is 5.56 Å². The van der Waals surface area contributed by atoms with Gasteiger partial charge in [-0.1, -0.05) is 12.1 Å². The number of ether oxygens (including phenoxy) is 1. The number of methoxy groups -OCH3 is 1. The zero-order valence-corrected chi connectivity index (χ0v) is 18.6. The molecule has 9 heteroatoms. The molecule has 0 radical (unpaired) electrons. The Morgan fingerprint density at radius 2 is 1.83 bits per heavy atom. The summed E-state index contributed by atoms with van der Waals surface area (Å²) in [7, 11) is -1.65. The van der Waals surface area contributed by atoms with Gasteiger partial charge in [0.2, 0.25) is 10.0 Å². The highest BCUT2D eigenvalue weighted by molar-refractivity contribution is 7.89. The number of aryl methyl sites for hydroxylation is 1. The van der Waals surface area contributed by atoms with Crippen LogP contribution in [-0.4, -0.2) is 56.7 Å². The zero-order valence-electron chi connectivity index (χ0n) is 16.2. The van der Waals surface area contributed by atoms with Crippen molar-refractivity contribution in [3.8, 4) is 17.0 Å². The van der Waals surface area contributed by atoms with Crippen LogP contribution in [0.25, 0.3) is 11.3 Å². The van der Waals surface area contributed by atoms with Crippen molar-refractivity contribution < 1.29 is 13.2 Å². The van der Waals surface area contributed by atoms with Gasteiger partial charge < -0.3 is 9.64 Å². The number of hydrogen-bond donors (Lipinski definition) is 0. The number of thiophene rings is 1. The first-order chi connectivity index (χ1) is 14.0. The summed E-state index contributed by atoms with van der Waals surface area (Å²) in [5, 5.41) is 7.16. The molecule has 29 heavy (non-hydrogen) atoms. The van der Waals surface area contributed by atoms with E-state index >= 15 is 0 Å². The molecule has 1 saturated heterocycles. The minimum absolute atomic E-state index is 0.124. The maximum atomic E-state index is 12.8. The van der Waals surface area contributed by atoms with E-state index in [0.29, 0.717) is 32.6 Å². The molecule has 154 valence electrons. The van der Waals surface area contributed by atoms with E-state index in [2.05, 4.69) is 21.7 Å². The van der Waals surface area contributed by atoms with Gasteiger partial charge >= 0.3 is 0 Å². The monoisotopic (exact) mass is 449 g/mol. The minimum atomic E-state index is -3.27. The van der Waals surface area contributed by atoms with Gasteiger partial charge in [-0.25, -0.2) is 13.4 Å². The van der Waals surface area contributed by atoms with Gasteiger partial charge in [0.15, 0.2) is 5.13 Å². The first-order valence-corrected chi connectivity index (χ1v) is 12.8. The summed E-state index contributed by atoms with van der Waals surface area (Å²) < 4.78 is 32.3. The highest BCUT2D eigenvalue weighted by Crippen LogP contribution is 2.29. The number of thiazole rings is 1. The molecule has 0 unspecified atom stereocenters. The largest absolute Gasteiger partial charge is 0.497 e. The topological polar surface area (TPSA) is 62.7 Å². The lowest BCUT2D eigenvalue weighted by atomic mass is 10.2. The highest BCUT2D eigenvalue weighted by atomic mass is 32.2. The van der Waals surface area contributed by atoms with E-state index < -0.39 is 10.0 Å². The minimum Gasteiger partial charge on any atom is -0.497 e. The smallest absolute Gasteiger partial charge is 0.214 e. The van der Waals surface area contributed by atoms with Crippen molar-refractivity contribution in [3.05, 3.63) is 52.0 Å². The fourth-order valence-electron chi connectivity index (χ4n) is 3.28. The third-order valence-electron chi connectivity index (χ3n) is 5.02. The molecule has 6 nitrogen and oxygen atoms in total. The molecule has 0 bridgehead atoms. The Morgan fingerprint density at radius 1 is 1.07 bits per heavy atom. The third kappa shape index (κ3) is 4.80. The quantitative estimate of drug-likeness (QED) is 0.552. The number of rotatable bonds is 7. The number of anilines is 1. The Morgan fingerprint density at radius 3 is 2.48 bits per heavy atom. The molecule has 0 aliphatic carbocycles. The number of sulfonamides is 1. The zero-order chi connectivity index (χ0) is 20.3. The number of piperazine rings is 1. The molecule has 1 aromatic carbocycles. The average Bonchev–Trinajstić information content (AvgIpc) is 3.45. The maximum Gasteiger partial charge on any atom is 0.214 e. The molecule has 0 N–H and O–H groups in total. The van der Waals surface area contributed by atoms with Gasteiger partial charge in [-0.3, -0.25) is 0 Å². The lowest BCUT2D eigenvalue weighted by Gasteiger charge is -2.33. The van der Waals surface area contributed by atoms with E-state index in [1.54, 1.807) is 34.1 Å². The molecular weight excluding hydrogens is 426 g/mol. The van der Waals surface area contributed by atoms with Crippen LogP contribution in [0.4, 0.5) is 5.13 Å². The van der Waals surface area contributed by atoms with Crippen molar-refractivity contribution in [3.63, 3.8) is 0 Å². The second kappa shape index (κ2) is 8.83. The number of benzene rings is 1. The summed E-state index contributed by atoms with van der Waals surface area (Å²) in [6.07, 6.45) is 0.503. The second-order valence-electron chi connectivity index (χ2n) is 6.83. The maximum absolute atomic E-state index is 12.8. The van der Waals surface area contributed by atoms with E-state index in [0.717, 1.165) is 27.7 Å². The molecule has 3 aromatic rings. The van der Waals surface area contributed by atoms with Crippen LogP contribution < -0.4 is 9.64 Å². The third-order valence-corrected chi connectivity index (χ3v) is 8.48. The lowest BCUT2D eigenvalue weighted by molar-refractivity contribution is 0.384. The van der Waals surface area contributed by atoms with Gasteiger partial charge in [0.25, 0.3) is 0 Å². The highest BCUT2D eigenvalue weighted by Gasteiger charge is 2.27. The van der Waals surface area contributed by atoms with Crippen molar-refractivity contribution in [2.75, 3.05) is 43.9 Å². The lowest BCUT2D eigenvalue weighted by Crippen LogP contribution is -2.49. The molecule has 0 saturated carbocycles. The Kier molecular flexibility index (Phi) is 6.19. The van der Waals surface area contributed by atoms with Crippen LogP contribution in [0.2, 0.25) is 0 Å². The van der Waals surface area contributed by atoms with Crippen molar-refractivity contribution in [2.24, 2.45) is 0 Å². The van der Waals surface area contributed by atoms with E-state index in [1.807, 2.05) is 29.6 Å². The summed E-state index contributed by atoms with van der Waals surface area (Å²) in [6.45, 7) is 2.33. The van der Waals surface area contributed by atoms with E-state index in [-0.39, 0.29) is 5.75 Å². The van der Waals surface area contributed by atoms with Gasteiger partial charge in [0.05, 0.1) is 18.6 Å². The molecule has 3 heterocycles. The summed E-state index contributed by atoms with van der Waals surface area (Å²) in [6, 6.07) is 9.62. The predicted octanol–water partition coefficient (Wildman–Crippen LogP) is 3.57. The summed E-state index contributed by atoms with van der Waals surface area (Å²) in [4.78, 5) is 6.90. The molecule has 0 spiro atoms. The number of hydrogen-bond acceptors (Lipinski definition) is 7. The number of aromatic nitrogens is 1. The van der Waals surface area contributed by atoms with Gasteiger partial charge in [-0.15, -0.1) is 11.3 Å². The Bertz CT molecular complexity index is 1020. The van der Waals surface area contributed by atoms with Gasteiger partial charge in [0, 0.05) is 42.5 Å². The van der Waals surface area contributed by atoms with Crippen LogP contribution >= 0.6 is 22.7 Å². The van der Waals surface area contributed by atoms with Crippen molar-refractivity contribution in [2.45, 2.75) is 6.42 Å². The molecule has 1 fully saturated rings. The first kappa shape index (κ1) is 20.3. The Hall–Kier alpha value is -1.94. The SMILES string of the molecule is COc1ccc(CCS(=O)(=O)N2CCN(c3nc(-c4ccsc4)cs3)CC2)cc1. The van der Waals surface area contributed by atoms with E-state index in [9.17, 15) is 8.42 Å². The molecule has 2 aromatic heterocycles. The van der Waals surface area contributed by atoms with Gasteiger partial charge in [-0.05, 0) is 35.6 Å². The molecule has 4 rings (SSSR count). The van der Waals surface area contributed by atoms with Crippen molar-refractivity contribution in [1.29, 1.82) is 0 Å². The predicted molar refractivity (Wildman–Crippen MR) is 120 cm³/mol. The van der Waals surface area contributed by atoms with E-state index in [4.69, 9.17) is 9.72 Å². The van der Waals surface area contributed by atoms with Gasteiger partial charge in [0.1, 0.15) is 5.75 Å². The normalized spacial score (nSPS) is 15.6. The number of nitrogens with zero attached hydrogens (tertiary/aromatic N) is 3. The van der Waals surface area contributed by atoms with Crippen LogP contribution in [0.15, 0.2) is 46.5 Å². The second-order valence-corrected chi connectivity index (χ2v) is 10.5. The molecule has 0 atom stereocenters. The van der Waals surface area contributed by atoms with Crippen LogP contribution in [0.5, 0.6) is 5.75 Å². The van der Waals surface area contributed by atoms with E-state index in [1.165, 1.54) is 0 Å². The van der Waals surface area contributed by atoms with Gasteiger partial charge in [-0.2, -0.15) is 15.6 Å². The Balaban J connectivity index is 1.32. The molecular formula is C20H23N3O3S3. The fourth-order valence-corrected chi connectivity index (χ4v) is 6.29. The first-order valence-electron chi connectivity index (χ1n) is 9.39. The van der Waals surface area contributed by atoms with Crippen molar-refractivity contribution in [1.82, 2.24) is 9.29 Å². The standard InChI is InChI=1S/C20H23N3O3S3/c1-26-18-4-2-16(3-5-18)7-13-29(24,25)23-10-8-22(9-11-23)20-21-19(15-28-20)17-6-12-27-14-17/h2-6,12,14-15H,7-11,13H2,1H3. The summed E-state index contributed by atoms with van der Waals surface area (Å²) in [5.74, 6) is 0.899.